The van der Waals surface area contributed by atoms with Gasteiger partial charge in [-0.25, -0.2) is 0 Å². The number of amides is 1. The van der Waals surface area contributed by atoms with Gasteiger partial charge in [0.1, 0.15) is 0 Å². The second-order valence-electron chi connectivity index (χ2n) is 4.77. The van der Waals surface area contributed by atoms with Gasteiger partial charge in [0.2, 0.25) is 5.91 Å². The average molecular weight is 348 g/mol. The zero-order valence-electron chi connectivity index (χ0n) is 11.7. The molecular weight excluding hydrogens is 334 g/mol. The number of hydrogen-bond donors (Lipinski definition) is 1. The van der Waals surface area contributed by atoms with Crippen molar-refractivity contribution in [1.29, 1.82) is 0 Å². The second kappa shape index (κ2) is 7.18. The van der Waals surface area contributed by atoms with Gasteiger partial charge in [-0.1, -0.05) is 48.0 Å². The van der Waals surface area contributed by atoms with Crippen LogP contribution in [-0.2, 0) is 10.5 Å². The van der Waals surface area contributed by atoms with E-state index < -0.39 is 0 Å². The summed E-state index contributed by atoms with van der Waals surface area (Å²) >= 11 is 9.04. The van der Waals surface area contributed by atoms with Crippen LogP contribution in [0, 0.1) is 0 Å². The summed E-state index contributed by atoms with van der Waals surface area (Å²) in [4.78, 5) is 13.3. The van der Waals surface area contributed by atoms with Crippen LogP contribution >= 0.6 is 34.7 Å². The molecule has 0 aliphatic rings. The molecule has 1 aromatic heterocycles. The van der Waals surface area contributed by atoms with Crippen molar-refractivity contribution in [2.75, 3.05) is 11.1 Å². The predicted molar refractivity (Wildman–Crippen MR) is 98.1 cm³/mol. The molecular formula is C17H14ClNOS2. The normalized spacial score (nSPS) is 10.8. The van der Waals surface area contributed by atoms with Crippen LogP contribution in [0.3, 0.4) is 0 Å². The van der Waals surface area contributed by atoms with E-state index in [-0.39, 0.29) is 5.91 Å². The Balaban J connectivity index is 1.59. The summed E-state index contributed by atoms with van der Waals surface area (Å²) in [7, 11) is 0. The maximum atomic E-state index is 12.1. The molecule has 5 heteroatoms. The zero-order valence-corrected chi connectivity index (χ0v) is 14.1. The van der Waals surface area contributed by atoms with E-state index in [4.69, 9.17) is 11.6 Å². The van der Waals surface area contributed by atoms with E-state index in [9.17, 15) is 4.79 Å². The average Bonchev–Trinajstić information content (AvgIpc) is 2.93. The molecule has 2 nitrogen and oxygen atoms in total. The van der Waals surface area contributed by atoms with Crippen molar-refractivity contribution in [2.45, 2.75) is 5.75 Å². The number of thioether (sulfide) groups is 1. The van der Waals surface area contributed by atoms with Crippen LogP contribution in [-0.4, -0.2) is 11.7 Å². The maximum Gasteiger partial charge on any atom is 0.234 e. The molecule has 0 saturated carbocycles. The Bertz CT molecular complexity index is 795. The molecule has 1 N–H and O–H groups in total. The number of carbonyl (C=O) groups excluding carboxylic acids is 1. The highest BCUT2D eigenvalue weighted by molar-refractivity contribution is 7.99. The Labute approximate surface area is 142 Å². The van der Waals surface area contributed by atoms with Gasteiger partial charge in [0.15, 0.2) is 0 Å². The monoisotopic (exact) mass is 347 g/mol. The van der Waals surface area contributed by atoms with Crippen molar-refractivity contribution >= 4 is 57.1 Å². The smallest absolute Gasteiger partial charge is 0.234 e. The molecule has 0 spiro atoms. The Morgan fingerprint density at radius 3 is 2.73 bits per heavy atom. The predicted octanol–water partition coefficient (Wildman–Crippen LogP) is 5.43. The summed E-state index contributed by atoms with van der Waals surface area (Å²) < 4.78 is 0.788. The van der Waals surface area contributed by atoms with Gasteiger partial charge < -0.3 is 5.32 Å². The molecule has 3 aromatic rings. The van der Waals surface area contributed by atoms with Crippen molar-refractivity contribution in [2.24, 2.45) is 0 Å². The van der Waals surface area contributed by atoms with Crippen molar-refractivity contribution < 1.29 is 4.79 Å². The third-order valence-electron chi connectivity index (χ3n) is 3.17. The number of thiophene rings is 1. The van der Waals surface area contributed by atoms with Crippen LogP contribution in [0.2, 0.25) is 4.34 Å². The summed E-state index contributed by atoms with van der Waals surface area (Å²) in [5.41, 5.74) is 0.864. The molecule has 0 unspecified atom stereocenters. The third kappa shape index (κ3) is 3.83. The Morgan fingerprint density at radius 1 is 1.09 bits per heavy atom. The van der Waals surface area contributed by atoms with Crippen molar-refractivity contribution in [1.82, 2.24) is 0 Å². The van der Waals surface area contributed by atoms with Gasteiger partial charge in [-0.05, 0) is 23.6 Å². The first-order valence-electron chi connectivity index (χ1n) is 6.82. The van der Waals surface area contributed by atoms with Gasteiger partial charge in [-0.15, -0.1) is 23.1 Å². The molecule has 112 valence electrons. The van der Waals surface area contributed by atoms with E-state index in [2.05, 4.69) is 5.32 Å². The summed E-state index contributed by atoms with van der Waals surface area (Å²) in [5.74, 6) is 1.25. The molecule has 0 radical (unpaired) electrons. The molecule has 0 aliphatic heterocycles. The number of fused-ring (bicyclic) bond motifs is 1. The lowest BCUT2D eigenvalue weighted by Crippen LogP contribution is -2.14. The molecule has 0 atom stereocenters. The highest BCUT2D eigenvalue weighted by Crippen LogP contribution is 2.26. The molecule has 1 amide bonds. The summed E-state index contributed by atoms with van der Waals surface area (Å²) in [6, 6.07) is 17.9. The molecule has 0 bridgehead atoms. The van der Waals surface area contributed by atoms with E-state index in [0.717, 1.165) is 26.5 Å². The van der Waals surface area contributed by atoms with Gasteiger partial charge in [-0.2, -0.15) is 0 Å². The molecule has 22 heavy (non-hydrogen) atoms. The molecule has 2 aromatic carbocycles. The SMILES string of the molecule is O=C(CSCc1ccc(Cl)s1)Nc1cccc2ccccc12. The molecule has 1 heterocycles. The van der Waals surface area contributed by atoms with E-state index in [1.165, 1.54) is 4.88 Å². The van der Waals surface area contributed by atoms with E-state index >= 15 is 0 Å². The largest absolute Gasteiger partial charge is 0.325 e. The molecule has 0 fully saturated rings. The van der Waals surface area contributed by atoms with Gasteiger partial charge >= 0.3 is 0 Å². The minimum absolute atomic E-state index is 0.0176. The number of carbonyl (C=O) groups is 1. The summed E-state index contributed by atoms with van der Waals surface area (Å²) in [6.07, 6.45) is 0. The lowest BCUT2D eigenvalue weighted by Gasteiger charge is -2.08. The number of nitrogens with one attached hydrogen (secondary N) is 1. The van der Waals surface area contributed by atoms with E-state index in [1.807, 2.05) is 54.6 Å². The Kier molecular flexibility index (Phi) is 5.03. The fourth-order valence-electron chi connectivity index (χ4n) is 2.19. The second-order valence-corrected chi connectivity index (χ2v) is 7.56. The fraction of sp³-hybridized carbons (Fsp3) is 0.118. The van der Waals surface area contributed by atoms with Gasteiger partial charge in [-0.3, -0.25) is 4.79 Å². The van der Waals surface area contributed by atoms with E-state index in [0.29, 0.717) is 5.75 Å². The summed E-state index contributed by atoms with van der Waals surface area (Å²) in [6.45, 7) is 0. The van der Waals surface area contributed by atoms with Crippen LogP contribution in [0.4, 0.5) is 5.69 Å². The van der Waals surface area contributed by atoms with Crippen molar-refractivity contribution in [3.05, 3.63) is 63.8 Å². The van der Waals surface area contributed by atoms with Gasteiger partial charge in [0.05, 0.1) is 10.1 Å². The third-order valence-corrected chi connectivity index (χ3v) is 5.57. The highest BCUT2D eigenvalue weighted by atomic mass is 35.5. The van der Waals surface area contributed by atoms with E-state index in [1.54, 1.807) is 23.1 Å². The molecule has 0 aliphatic carbocycles. The fourth-order valence-corrected chi connectivity index (χ4v) is 4.22. The number of anilines is 1. The first kappa shape index (κ1) is 15.4. The number of halogens is 1. The lowest BCUT2D eigenvalue weighted by atomic mass is 10.1. The van der Waals surface area contributed by atoms with Crippen LogP contribution in [0.25, 0.3) is 10.8 Å². The van der Waals surface area contributed by atoms with Crippen LogP contribution < -0.4 is 5.32 Å². The first-order chi connectivity index (χ1) is 10.7. The molecule has 0 saturated heterocycles. The van der Waals surface area contributed by atoms with Gasteiger partial charge in [0, 0.05) is 21.7 Å². The number of hydrogen-bond acceptors (Lipinski definition) is 3. The quantitative estimate of drug-likeness (QED) is 0.667. The Morgan fingerprint density at radius 2 is 1.91 bits per heavy atom. The topological polar surface area (TPSA) is 29.1 Å². The van der Waals surface area contributed by atoms with Crippen molar-refractivity contribution in [3.8, 4) is 0 Å². The number of benzene rings is 2. The van der Waals surface area contributed by atoms with Crippen molar-refractivity contribution in [3.63, 3.8) is 0 Å². The lowest BCUT2D eigenvalue weighted by molar-refractivity contribution is -0.113. The minimum atomic E-state index is 0.0176. The number of rotatable bonds is 5. The van der Waals surface area contributed by atoms with Crippen LogP contribution in [0.1, 0.15) is 4.88 Å². The van der Waals surface area contributed by atoms with Gasteiger partial charge in [0.25, 0.3) is 0 Å². The van der Waals surface area contributed by atoms with Crippen LogP contribution in [0.15, 0.2) is 54.6 Å². The standard InChI is InChI=1S/C17H14ClNOS2/c18-16-9-8-13(22-16)10-21-11-17(20)19-15-7-3-5-12-4-1-2-6-14(12)15/h1-9H,10-11H2,(H,19,20). The van der Waals surface area contributed by atoms with Crippen LogP contribution in [0.5, 0.6) is 0 Å². The molecule has 3 rings (SSSR count). The maximum absolute atomic E-state index is 12.1. The zero-order chi connectivity index (χ0) is 15.4. The Hall–Kier alpha value is -1.49. The first-order valence-corrected chi connectivity index (χ1v) is 9.17. The highest BCUT2D eigenvalue weighted by Gasteiger charge is 2.06. The minimum Gasteiger partial charge on any atom is -0.325 e. The summed E-state index contributed by atoms with van der Waals surface area (Å²) in [5, 5.41) is 5.18.